The quantitative estimate of drug-likeness (QED) is 0.274. The Morgan fingerprint density at radius 3 is 2.65 bits per heavy atom. The van der Waals surface area contributed by atoms with E-state index < -0.39 is 10.8 Å². The van der Waals surface area contributed by atoms with Gasteiger partial charge < -0.3 is 4.74 Å². The van der Waals surface area contributed by atoms with Gasteiger partial charge in [-0.05, 0) is 12.1 Å². The number of nitrogens with one attached hydrogen (secondary N) is 1. The molecule has 0 unspecified atom stereocenters. The predicted molar refractivity (Wildman–Crippen MR) is 83.7 cm³/mol. The maximum atomic E-state index is 12.0. The maximum Gasteiger partial charge on any atom is 0.316 e. The highest BCUT2D eigenvalue weighted by atomic mass is 32.2. The highest BCUT2D eigenvalue weighted by Gasteiger charge is 2.13. The molecule has 0 saturated carbocycles. The molecule has 1 amide bonds. The van der Waals surface area contributed by atoms with Gasteiger partial charge in [0.25, 0.3) is 11.6 Å². The first-order valence-electron chi connectivity index (χ1n) is 6.08. The average Bonchev–Trinajstić information content (AvgIpc) is 3.00. The lowest BCUT2D eigenvalue weighted by atomic mass is 10.2. The fourth-order valence-corrected chi connectivity index (χ4v) is 2.98. The largest absolute Gasteiger partial charge is 0.468 e. The number of non-ortho nitro benzene ring substituents is 1. The van der Waals surface area contributed by atoms with Crippen LogP contribution in [0.4, 0.5) is 10.8 Å². The molecule has 0 atom stereocenters. The minimum absolute atomic E-state index is 0.0982. The van der Waals surface area contributed by atoms with Crippen LogP contribution >= 0.6 is 23.1 Å². The standard InChI is InChI=1S/C12H10N4O5S2/c1-21-9(17)6-22-12-15-14-11(23-12)13-10(18)7-2-4-8(5-3-7)16(19)20/h2-5H,6H2,1H3,(H,13,14,18). The van der Waals surface area contributed by atoms with Crippen molar-refractivity contribution in [3.8, 4) is 0 Å². The van der Waals surface area contributed by atoms with Crippen LogP contribution in [0.25, 0.3) is 0 Å². The van der Waals surface area contributed by atoms with Gasteiger partial charge in [0.15, 0.2) is 4.34 Å². The number of ether oxygens (including phenoxy) is 1. The van der Waals surface area contributed by atoms with Gasteiger partial charge in [-0.2, -0.15) is 0 Å². The fraction of sp³-hybridized carbons (Fsp3) is 0.167. The molecule has 11 heteroatoms. The van der Waals surface area contributed by atoms with Gasteiger partial charge in [-0.1, -0.05) is 23.1 Å². The first kappa shape index (κ1) is 16.8. The van der Waals surface area contributed by atoms with Crippen LogP contribution in [0.2, 0.25) is 0 Å². The molecule has 0 aliphatic carbocycles. The third-order valence-corrected chi connectivity index (χ3v) is 4.45. The molecular weight excluding hydrogens is 344 g/mol. The average molecular weight is 354 g/mol. The summed E-state index contributed by atoms with van der Waals surface area (Å²) in [7, 11) is 1.29. The summed E-state index contributed by atoms with van der Waals surface area (Å²) < 4.78 is 5.02. The van der Waals surface area contributed by atoms with Crippen LogP contribution in [0.1, 0.15) is 10.4 Å². The van der Waals surface area contributed by atoms with Gasteiger partial charge in [0, 0.05) is 17.7 Å². The second-order valence-electron chi connectivity index (χ2n) is 4.00. The summed E-state index contributed by atoms with van der Waals surface area (Å²) in [5, 5.41) is 21.0. The third kappa shape index (κ3) is 4.72. The van der Waals surface area contributed by atoms with E-state index in [0.717, 1.165) is 23.1 Å². The summed E-state index contributed by atoms with van der Waals surface area (Å²) in [5.41, 5.74) is 0.161. The van der Waals surface area contributed by atoms with Gasteiger partial charge in [0.1, 0.15) is 0 Å². The summed E-state index contributed by atoms with van der Waals surface area (Å²) in [6.07, 6.45) is 0. The molecule has 23 heavy (non-hydrogen) atoms. The van der Waals surface area contributed by atoms with E-state index in [0.29, 0.717) is 4.34 Å². The van der Waals surface area contributed by atoms with Crippen molar-refractivity contribution in [3.05, 3.63) is 39.9 Å². The smallest absolute Gasteiger partial charge is 0.316 e. The molecule has 0 aliphatic rings. The van der Waals surface area contributed by atoms with Gasteiger partial charge in [-0.3, -0.25) is 25.0 Å². The predicted octanol–water partition coefficient (Wildman–Crippen LogP) is 1.96. The van der Waals surface area contributed by atoms with Crippen LogP contribution in [0.5, 0.6) is 0 Å². The van der Waals surface area contributed by atoms with Crippen LogP contribution in [0.3, 0.4) is 0 Å². The third-order valence-electron chi connectivity index (χ3n) is 2.51. The van der Waals surface area contributed by atoms with Crippen molar-refractivity contribution >= 4 is 45.8 Å². The monoisotopic (exact) mass is 354 g/mol. The maximum absolute atomic E-state index is 12.0. The summed E-state index contributed by atoms with van der Waals surface area (Å²) in [5.74, 6) is -0.747. The Kier molecular flexibility index (Phi) is 5.60. The zero-order chi connectivity index (χ0) is 16.8. The number of carbonyl (C=O) groups excluding carboxylic acids is 2. The first-order chi connectivity index (χ1) is 11.0. The Balaban J connectivity index is 1.96. The lowest BCUT2D eigenvalue weighted by molar-refractivity contribution is -0.384. The number of hydrogen-bond acceptors (Lipinski definition) is 9. The Morgan fingerprint density at radius 2 is 2.04 bits per heavy atom. The molecule has 0 aliphatic heterocycles. The summed E-state index contributed by atoms with van der Waals surface area (Å²) in [6, 6.07) is 5.18. The number of benzene rings is 1. The number of aromatic nitrogens is 2. The van der Waals surface area contributed by atoms with Crippen molar-refractivity contribution in [2.75, 3.05) is 18.2 Å². The number of amides is 1. The molecular formula is C12H10N4O5S2. The number of thioether (sulfide) groups is 1. The van der Waals surface area contributed by atoms with Crippen molar-refractivity contribution in [2.24, 2.45) is 0 Å². The van der Waals surface area contributed by atoms with Gasteiger partial charge >= 0.3 is 5.97 Å². The molecule has 2 rings (SSSR count). The van der Waals surface area contributed by atoms with E-state index in [-0.39, 0.29) is 28.1 Å². The van der Waals surface area contributed by atoms with E-state index in [2.05, 4.69) is 20.3 Å². The number of nitro groups is 1. The molecule has 1 aromatic carbocycles. The van der Waals surface area contributed by atoms with E-state index in [1.54, 1.807) is 0 Å². The molecule has 0 fully saturated rings. The topological polar surface area (TPSA) is 124 Å². The van der Waals surface area contributed by atoms with Crippen molar-refractivity contribution < 1.29 is 19.2 Å². The molecule has 1 heterocycles. The molecule has 2 aromatic rings. The molecule has 1 N–H and O–H groups in total. The minimum Gasteiger partial charge on any atom is -0.468 e. The zero-order valence-electron chi connectivity index (χ0n) is 11.7. The number of rotatable bonds is 6. The number of hydrogen-bond donors (Lipinski definition) is 1. The minimum atomic E-state index is -0.544. The molecule has 0 spiro atoms. The van der Waals surface area contributed by atoms with Gasteiger partial charge in [0.05, 0.1) is 17.8 Å². The highest BCUT2D eigenvalue weighted by Crippen LogP contribution is 2.25. The van der Waals surface area contributed by atoms with E-state index in [9.17, 15) is 19.7 Å². The number of nitro benzene ring substituents is 1. The van der Waals surface area contributed by atoms with E-state index in [1.807, 2.05) is 0 Å². The number of esters is 1. The van der Waals surface area contributed by atoms with Crippen LogP contribution in [-0.2, 0) is 9.53 Å². The van der Waals surface area contributed by atoms with Gasteiger partial charge in [-0.15, -0.1) is 10.2 Å². The van der Waals surface area contributed by atoms with Crippen molar-refractivity contribution in [1.82, 2.24) is 10.2 Å². The molecule has 1 aromatic heterocycles. The Bertz CT molecular complexity index is 731. The van der Waals surface area contributed by atoms with E-state index in [1.165, 1.54) is 31.4 Å². The first-order valence-corrected chi connectivity index (χ1v) is 7.88. The van der Waals surface area contributed by atoms with Crippen LogP contribution in [-0.4, -0.2) is 39.9 Å². The molecule has 0 saturated heterocycles. The number of carbonyl (C=O) groups is 2. The number of anilines is 1. The van der Waals surface area contributed by atoms with Crippen molar-refractivity contribution in [2.45, 2.75) is 4.34 Å². The molecule has 9 nitrogen and oxygen atoms in total. The highest BCUT2D eigenvalue weighted by molar-refractivity contribution is 8.01. The van der Waals surface area contributed by atoms with E-state index >= 15 is 0 Å². The zero-order valence-corrected chi connectivity index (χ0v) is 13.3. The number of methoxy groups -OCH3 is 1. The number of nitrogens with zero attached hydrogens (tertiary/aromatic N) is 3. The Labute approximate surface area is 138 Å². The fourth-order valence-electron chi connectivity index (χ4n) is 1.40. The van der Waals surface area contributed by atoms with Crippen molar-refractivity contribution in [1.29, 1.82) is 0 Å². The van der Waals surface area contributed by atoms with E-state index in [4.69, 9.17) is 0 Å². The van der Waals surface area contributed by atoms with Crippen LogP contribution in [0.15, 0.2) is 28.6 Å². The van der Waals surface area contributed by atoms with Gasteiger partial charge in [-0.25, -0.2) is 0 Å². The summed E-state index contributed by atoms with van der Waals surface area (Å²) in [4.78, 5) is 33.0. The second kappa shape index (κ2) is 7.65. The SMILES string of the molecule is COC(=O)CSc1nnc(NC(=O)c2ccc([N+](=O)[O-])cc2)s1. The molecule has 0 bridgehead atoms. The van der Waals surface area contributed by atoms with Crippen LogP contribution < -0.4 is 5.32 Å². The normalized spacial score (nSPS) is 10.1. The summed E-state index contributed by atoms with van der Waals surface area (Å²) >= 11 is 2.26. The Hall–Kier alpha value is -2.53. The summed E-state index contributed by atoms with van der Waals surface area (Å²) in [6.45, 7) is 0. The Morgan fingerprint density at radius 1 is 1.35 bits per heavy atom. The van der Waals surface area contributed by atoms with Crippen LogP contribution in [0, 0.1) is 10.1 Å². The molecule has 120 valence electrons. The molecule has 0 radical (unpaired) electrons. The van der Waals surface area contributed by atoms with Gasteiger partial charge in [0.2, 0.25) is 5.13 Å². The lowest BCUT2D eigenvalue weighted by Crippen LogP contribution is -2.11. The lowest BCUT2D eigenvalue weighted by Gasteiger charge is -2.00. The second-order valence-corrected chi connectivity index (χ2v) is 6.20. The van der Waals surface area contributed by atoms with Crippen molar-refractivity contribution in [3.63, 3.8) is 0 Å².